The van der Waals surface area contributed by atoms with E-state index >= 15 is 0 Å². The van der Waals surface area contributed by atoms with Crippen LogP contribution in [0, 0.1) is 0 Å². The fraction of sp³-hybridized carbons (Fsp3) is 0.0714. The predicted octanol–water partition coefficient (Wildman–Crippen LogP) is 4.30. The largest absolute Gasteiger partial charge is 0.416 e. The van der Waals surface area contributed by atoms with Crippen LogP contribution >= 0.6 is 15.9 Å². The summed E-state index contributed by atoms with van der Waals surface area (Å²) in [5, 5.41) is 2.41. The summed E-state index contributed by atoms with van der Waals surface area (Å²) in [6.45, 7) is 0. The predicted molar refractivity (Wildman–Crippen MR) is 78.0 cm³/mol. The molecule has 2 aromatic carbocycles. The number of carbonyl (C=O) groups is 1. The molecule has 1 amide bonds. The van der Waals surface area contributed by atoms with E-state index in [4.69, 9.17) is 5.73 Å². The summed E-state index contributed by atoms with van der Waals surface area (Å²) in [6.07, 6.45) is -4.46. The lowest BCUT2D eigenvalue weighted by atomic mass is 10.1. The summed E-state index contributed by atoms with van der Waals surface area (Å²) < 4.78 is 38.3. The molecule has 0 aliphatic carbocycles. The number of rotatable bonds is 2. The average Bonchev–Trinajstić information content (AvgIpc) is 2.41. The van der Waals surface area contributed by atoms with Crippen LogP contribution < -0.4 is 11.1 Å². The molecule has 3 nitrogen and oxygen atoms in total. The van der Waals surface area contributed by atoms with Crippen molar-refractivity contribution >= 4 is 33.2 Å². The van der Waals surface area contributed by atoms with Crippen LogP contribution in [0.5, 0.6) is 0 Å². The first kappa shape index (κ1) is 15.4. The van der Waals surface area contributed by atoms with Crippen LogP contribution in [-0.4, -0.2) is 5.91 Å². The van der Waals surface area contributed by atoms with Crippen molar-refractivity contribution in [3.05, 3.63) is 58.1 Å². The molecule has 3 N–H and O–H groups in total. The lowest BCUT2D eigenvalue weighted by Gasteiger charge is -2.11. The van der Waals surface area contributed by atoms with Crippen molar-refractivity contribution in [2.24, 2.45) is 0 Å². The van der Waals surface area contributed by atoms with Crippen molar-refractivity contribution in [1.82, 2.24) is 0 Å². The molecule has 0 fully saturated rings. The number of nitrogens with two attached hydrogens (primary N) is 1. The molecule has 0 saturated heterocycles. The SMILES string of the molecule is Nc1ccc(Br)c(C(=O)Nc2cccc(C(F)(F)F)c2)c1. The number of benzene rings is 2. The molecule has 0 spiro atoms. The molecule has 2 rings (SSSR count). The molecule has 0 radical (unpaired) electrons. The zero-order valence-electron chi connectivity index (χ0n) is 10.5. The van der Waals surface area contributed by atoms with Gasteiger partial charge in [-0.15, -0.1) is 0 Å². The third-order valence-electron chi connectivity index (χ3n) is 2.68. The molecular weight excluding hydrogens is 349 g/mol. The summed E-state index contributed by atoms with van der Waals surface area (Å²) in [7, 11) is 0. The normalized spacial score (nSPS) is 11.2. The standard InChI is InChI=1S/C14H10BrF3N2O/c15-12-5-4-9(19)7-11(12)13(21)20-10-3-1-2-8(6-10)14(16,17)18/h1-7H,19H2,(H,20,21). The number of carbonyl (C=O) groups excluding carboxylic acids is 1. The Hall–Kier alpha value is -2.02. The van der Waals surface area contributed by atoms with E-state index in [1.807, 2.05) is 0 Å². The minimum atomic E-state index is -4.46. The Morgan fingerprint density at radius 3 is 2.52 bits per heavy atom. The second kappa shape index (κ2) is 5.77. The maximum atomic E-state index is 12.6. The Balaban J connectivity index is 2.26. The number of alkyl halides is 3. The fourth-order valence-electron chi connectivity index (χ4n) is 1.69. The van der Waals surface area contributed by atoms with E-state index in [0.717, 1.165) is 12.1 Å². The van der Waals surface area contributed by atoms with E-state index in [0.29, 0.717) is 10.2 Å². The summed E-state index contributed by atoms with van der Waals surface area (Å²) in [6, 6.07) is 9.05. The first-order valence-corrected chi connectivity index (χ1v) is 6.60. The first-order chi connectivity index (χ1) is 9.77. The van der Waals surface area contributed by atoms with Gasteiger partial charge >= 0.3 is 6.18 Å². The lowest BCUT2D eigenvalue weighted by molar-refractivity contribution is -0.137. The van der Waals surface area contributed by atoms with Crippen molar-refractivity contribution in [1.29, 1.82) is 0 Å². The minimum absolute atomic E-state index is 0.0594. The number of amides is 1. The Kier molecular flexibility index (Phi) is 4.22. The van der Waals surface area contributed by atoms with Crippen LogP contribution in [0.15, 0.2) is 46.9 Å². The number of nitrogens with one attached hydrogen (secondary N) is 1. The second-order valence-electron chi connectivity index (χ2n) is 4.27. The number of hydrogen-bond acceptors (Lipinski definition) is 2. The van der Waals surface area contributed by atoms with E-state index in [1.54, 1.807) is 12.1 Å². The third kappa shape index (κ3) is 3.75. The van der Waals surface area contributed by atoms with Gasteiger partial charge < -0.3 is 11.1 Å². The van der Waals surface area contributed by atoms with Crippen molar-refractivity contribution in [3.63, 3.8) is 0 Å². The minimum Gasteiger partial charge on any atom is -0.399 e. The topological polar surface area (TPSA) is 55.1 Å². The quantitative estimate of drug-likeness (QED) is 0.786. The van der Waals surface area contributed by atoms with E-state index < -0.39 is 17.6 Å². The zero-order chi connectivity index (χ0) is 15.6. The molecule has 110 valence electrons. The molecule has 0 bridgehead atoms. The third-order valence-corrected chi connectivity index (χ3v) is 3.37. The molecule has 7 heteroatoms. The summed E-state index contributed by atoms with van der Waals surface area (Å²) >= 11 is 3.19. The van der Waals surface area contributed by atoms with Crippen LogP contribution in [-0.2, 0) is 6.18 Å². The monoisotopic (exact) mass is 358 g/mol. The molecule has 0 heterocycles. The van der Waals surface area contributed by atoms with Gasteiger partial charge in [0.1, 0.15) is 0 Å². The van der Waals surface area contributed by atoms with E-state index in [-0.39, 0.29) is 11.3 Å². The van der Waals surface area contributed by atoms with Gasteiger partial charge in [0.2, 0.25) is 0 Å². The highest BCUT2D eigenvalue weighted by Crippen LogP contribution is 2.31. The molecule has 0 atom stereocenters. The molecule has 0 aromatic heterocycles. The summed E-state index contributed by atoms with van der Waals surface area (Å²) in [4.78, 5) is 12.1. The molecule has 21 heavy (non-hydrogen) atoms. The summed E-state index contributed by atoms with van der Waals surface area (Å²) in [5.41, 5.74) is 5.45. The Morgan fingerprint density at radius 1 is 1.14 bits per heavy atom. The highest BCUT2D eigenvalue weighted by molar-refractivity contribution is 9.10. The average molecular weight is 359 g/mol. The Morgan fingerprint density at radius 2 is 1.86 bits per heavy atom. The van der Waals surface area contributed by atoms with Crippen molar-refractivity contribution in [3.8, 4) is 0 Å². The molecule has 0 aliphatic rings. The number of nitrogen functional groups attached to an aromatic ring is 1. The number of halogens is 4. The van der Waals surface area contributed by atoms with Gasteiger partial charge in [-0.25, -0.2) is 0 Å². The van der Waals surface area contributed by atoms with Gasteiger partial charge in [0, 0.05) is 15.8 Å². The molecule has 0 saturated carbocycles. The second-order valence-corrected chi connectivity index (χ2v) is 5.13. The molecule has 2 aromatic rings. The van der Waals surface area contributed by atoms with Crippen LogP contribution in [0.3, 0.4) is 0 Å². The fourth-order valence-corrected chi connectivity index (χ4v) is 2.12. The van der Waals surface area contributed by atoms with Crippen LogP contribution in [0.2, 0.25) is 0 Å². The molecule has 0 unspecified atom stereocenters. The maximum Gasteiger partial charge on any atom is 0.416 e. The zero-order valence-corrected chi connectivity index (χ0v) is 12.1. The highest BCUT2D eigenvalue weighted by Gasteiger charge is 2.30. The van der Waals surface area contributed by atoms with Gasteiger partial charge in [-0.2, -0.15) is 13.2 Å². The van der Waals surface area contributed by atoms with E-state index in [9.17, 15) is 18.0 Å². The van der Waals surface area contributed by atoms with Crippen LogP contribution in [0.1, 0.15) is 15.9 Å². The van der Waals surface area contributed by atoms with Crippen molar-refractivity contribution in [2.45, 2.75) is 6.18 Å². The van der Waals surface area contributed by atoms with Crippen molar-refractivity contribution in [2.75, 3.05) is 11.1 Å². The van der Waals surface area contributed by atoms with Crippen LogP contribution in [0.25, 0.3) is 0 Å². The number of anilines is 2. The number of hydrogen-bond donors (Lipinski definition) is 2. The smallest absolute Gasteiger partial charge is 0.399 e. The summed E-state index contributed by atoms with van der Waals surface area (Å²) in [5.74, 6) is -0.548. The molecular formula is C14H10BrF3N2O. The van der Waals surface area contributed by atoms with Gasteiger partial charge in [-0.1, -0.05) is 6.07 Å². The van der Waals surface area contributed by atoms with Crippen LogP contribution in [0.4, 0.5) is 24.5 Å². The van der Waals surface area contributed by atoms with Gasteiger partial charge in [0.25, 0.3) is 5.91 Å². The lowest BCUT2D eigenvalue weighted by Crippen LogP contribution is -2.14. The van der Waals surface area contributed by atoms with Crippen molar-refractivity contribution < 1.29 is 18.0 Å². The van der Waals surface area contributed by atoms with Gasteiger partial charge in [0.15, 0.2) is 0 Å². The van der Waals surface area contributed by atoms with E-state index in [1.165, 1.54) is 18.2 Å². The van der Waals surface area contributed by atoms with E-state index in [2.05, 4.69) is 21.2 Å². The first-order valence-electron chi connectivity index (χ1n) is 5.81. The van der Waals surface area contributed by atoms with Gasteiger partial charge in [0.05, 0.1) is 11.1 Å². The van der Waals surface area contributed by atoms with Gasteiger partial charge in [-0.3, -0.25) is 4.79 Å². The maximum absolute atomic E-state index is 12.6. The highest BCUT2D eigenvalue weighted by atomic mass is 79.9. The van der Waals surface area contributed by atoms with Gasteiger partial charge in [-0.05, 0) is 52.3 Å². The Bertz CT molecular complexity index is 686. The molecule has 0 aliphatic heterocycles. The Labute approximate surface area is 127 Å².